The number of Topliss-reactive ketones (excluding diaryl/α,β-unsaturated/α-hetero) is 1. The number of hydrogen-bond acceptors (Lipinski definition) is 6. The number of anilines is 1. The van der Waals surface area contributed by atoms with Crippen molar-refractivity contribution in [3.63, 3.8) is 0 Å². The molecule has 2 heterocycles. The Morgan fingerprint density at radius 1 is 1.00 bits per heavy atom. The Morgan fingerprint density at radius 3 is 2.46 bits per heavy atom. The van der Waals surface area contributed by atoms with Crippen molar-refractivity contribution in [2.45, 2.75) is 25.8 Å². The van der Waals surface area contributed by atoms with Gasteiger partial charge in [0, 0.05) is 62.3 Å². The van der Waals surface area contributed by atoms with Crippen LogP contribution >= 0.6 is 11.3 Å². The number of benzene rings is 2. The second-order valence-corrected chi connectivity index (χ2v) is 10.1. The van der Waals surface area contributed by atoms with Crippen LogP contribution in [0.25, 0.3) is 0 Å². The van der Waals surface area contributed by atoms with Gasteiger partial charge in [-0.1, -0.05) is 54.6 Å². The van der Waals surface area contributed by atoms with Crippen molar-refractivity contribution in [1.82, 2.24) is 15.1 Å². The number of nitrogen functional groups attached to an aromatic ring is 1. The zero-order valence-corrected chi connectivity index (χ0v) is 22.1. The Labute approximate surface area is 223 Å². The lowest BCUT2D eigenvalue weighted by Gasteiger charge is -2.28. The monoisotopic (exact) mass is 520 g/mol. The Hall–Kier alpha value is -3.20. The first-order valence-corrected chi connectivity index (χ1v) is 13.8. The smallest absolute Gasteiger partial charge is 0.317 e. The van der Waals surface area contributed by atoms with Crippen LogP contribution < -0.4 is 11.1 Å². The molecule has 0 radical (unpaired) electrons. The van der Waals surface area contributed by atoms with Crippen LogP contribution in [-0.2, 0) is 24.1 Å². The van der Waals surface area contributed by atoms with E-state index in [-0.39, 0.29) is 11.8 Å². The highest BCUT2D eigenvalue weighted by atomic mass is 32.1. The highest BCUT2D eigenvalue weighted by molar-refractivity contribution is 7.08. The summed E-state index contributed by atoms with van der Waals surface area (Å²) in [6.07, 6.45) is 1.98. The molecule has 1 aliphatic heterocycles. The van der Waals surface area contributed by atoms with Crippen LogP contribution in [0.15, 0.2) is 65.4 Å². The standard InChI is InChI=1S/C29H36N4O3S/c30-27-22-37-21-26(27)19-28(34)25-9-7-24(8-10-25)20-33(14-4-13-32-15-17-36-18-16-32)29(35)31-12-11-23-5-2-1-3-6-23/h1-3,5-10,21-22H,4,11-20,30H2,(H,31,35). The number of nitrogens with zero attached hydrogens (tertiary/aromatic N) is 2. The van der Waals surface area contributed by atoms with Gasteiger partial charge in [-0.25, -0.2) is 4.79 Å². The molecule has 2 amide bonds. The van der Waals surface area contributed by atoms with E-state index in [1.54, 1.807) is 0 Å². The van der Waals surface area contributed by atoms with E-state index in [2.05, 4.69) is 22.3 Å². The summed E-state index contributed by atoms with van der Waals surface area (Å²) in [7, 11) is 0. The summed E-state index contributed by atoms with van der Waals surface area (Å²) in [5.74, 6) is 0.0395. The van der Waals surface area contributed by atoms with Crippen LogP contribution in [0.2, 0.25) is 0 Å². The normalized spacial score (nSPS) is 13.8. The van der Waals surface area contributed by atoms with Gasteiger partial charge in [-0.2, -0.15) is 0 Å². The van der Waals surface area contributed by atoms with Gasteiger partial charge in [0.1, 0.15) is 0 Å². The number of ether oxygens (including phenoxy) is 1. The molecular formula is C29H36N4O3S. The molecule has 37 heavy (non-hydrogen) atoms. The Morgan fingerprint density at radius 2 is 1.76 bits per heavy atom. The zero-order valence-electron chi connectivity index (χ0n) is 21.2. The molecule has 1 saturated heterocycles. The average molecular weight is 521 g/mol. The summed E-state index contributed by atoms with van der Waals surface area (Å²) in [6, 6.07) is 17.7. The van der Waals surface area contributed by atoms with E-state index in [4.69, 9.17) is 10.5 Å². The van der Waals surface area contributed by atoms with Gasteiger partial charge in [0.05, 0.1) is 13.2 Å². The first-order chi connectivity index (χ1) is 18.1. The molecule has 0 unspecified atom stereocenters. The molecule has 0 aliphatic carbocycles. The number of amides is 2. The predicted octanol–water partition coefficient (Wildman–Crippen LogP) is 4.23. The van der Waals surface area contributed by atoms with E-state index in [1.807, 2.05) is 58.1 Å². The lowest BCUT2D eigenvalue weighted by Crippen LogP contribution is -2.42. The Balaban J connectivity index is 1.33. The largest absolute Gasteiger partial charge is 0.398 e. The van der Waals surface area contributed by atoms with E-state index in [0.29, 0.717) is 37.3 Å². The van der Waals surface area contributed by atoms with Crippen molar-refractivity contribution in [2.24, 2.45) is 0 Å². The first-order valence-electron chi connectivity index (χ1n) is 12.9. The van der Waals surface area contributed by atoms with Crippen LogP contribution in [0.4, 0.5) is 10.5 Å². The van der Waals surface area contributed by atoms with Gasteiger partial charge in [-0.05, 0) is 34.9 Å². The van der Waals surface area contributed by atoms with Crippen LogP contribution in [0.3, 0.4) is 0 Å². The second-order valence-electron chi connectivity index (χ2n) is 9.35. The highest BCUT2D eigenvalue weighted by Crippen LogP contribution is 2.20. The van der Waals surface area contributed by atoms with E-state index in [9.17, 15) is 9.59 Å². The molecule has 4 rings (SSSR count). The SMILES string of the molecule is Nc1cscc1CC(=O)c1ccc(CN(CCCN2CCOCC2)C(=O)NCCc2ccccc2)cc1. The molecule has 1 fully saturated rings. The lowest BCUT2D eigenvalue weighted by atomic mass is 10.0. The number of carbonyl (C=O) groups excluding carboxylic acids is 2. The molecule has 0 atom stereocenters. The molecule has 196 valence electrons. The van der Waals surface area contributed by atoms with Gasteiger partial charge >= 0.3 is 6.03 Å². The molecule has 3 N–H and O–H groups in total. The van der Waals surface area contributed by atoms with Gasteiger partial charge in [-0.15, -0.1) is 11.3 Å². The highest BCUT2D eigenvalue weighted by Gasteiger charge is 2.16. The molecule has 1 aromatic heterocycles. The Kier molecular flexibility index (Phi) is 10.1. The van der Waals surface area contributed by atoms with Crippen molar-refractivity contribution < 1.29 is 14.3 Å². The fourth-order valence-electron chi connectivity index (χ4n) is 4.40. The predicted molar refractivity (Wildman–Crippen MR) is 149 cm³/mol. The molecule has 2 aromatic carbocycles. The summed E-state index contributed by atoms with van der Waals surface area (Å²) in [4.78, 5) is 30.1. The van der Waals surface area contributed by atoms with Gasteiger partial charge in [0.25, 0.3) is 0 Å². The van der Waals surface area contributed by atoms with Crippen LogP contribution in [0.1, 0.15) is 33.5 Å². The maximum atomic E-state index is 13.1. The number of hydrogen-bond donors (Lipinski definition) is 2. The van der Waals surface area contributed by atoms with Gasteiger partial charge in [0.2, 0.25) is 0 Å². The van der Waals surface area contributed by atoms with Crippen molar-refractivity contribution in [1.29, 1.82) is 0 Å². The maximum Gasteiger partial charge on any atom is 0.317 e. The first kappa shape index (κ1) is 26.9. The number of carbonyl (C=O) groups is 2. The van der Waals surface area contributed by atoms with Crippen molar-refractivity contribution in [2.75, 3.05) is 51.7 Å². The minimum atomic E-state index is -0.0639. The molecule has 3 aromatic rings. The summed E-state index contributed by atoms with van der Waals surface area (Å²) >= 11 is 1.51. The van der Waals surface area contributed by atoms with Crippen LogP contribution in [0, 0.1) is 0 Å². The topological polar surface area (TPSA) is 87.9 Å². The third-order valence-corrected chi connectivity index (χ3v) is 7.41. The van der Waals surface area contributed by atoms with Gasteiger partial charge in [-0.3, -0.25) is 9.69 Å². The number of ketones is 1. The maximum absolute atomic E-state index is 13.1. The van der Waals surface area contributed by atoms with Gasteiger partial charge < -0.3 is 20.7 Å². The lowest BCUT2D eigenvalue weighted by molar-refractivity contribution is 0.0364. The summed E-state index contributed by atoms with van der Waals surface area (Å²) < 4.78 is 5.44. The molecular weight excluding hydrogens is 484 g/mol. The van der Waals surface area contributed by atoms with E-state index >= 15 is 0 Å². The number of nitrogens with two attached hydrogens (primary N) is 1. The van der Waals surface area contributed by atoms with Gasteiger partial charge in [0.15, 0.2) is 5.78 Å². The molecule has 0 bridgehead atoms. The number of nitrogens with one attached hydrogen (secondary N) is 1. The summed E-state index contributed by atoms with van der Waals surface area (Å²) in [5, 5.41) is 6.86. The second kappa shape index (κ2) is 13.9. The molecule has 0 spiro atoms. The quantitative estimate of drug-likeness (QED) is 0.349. The Bertz CT molecular complexity index is 1130. The third-order valence-electron chi connectivity index (χ3n) is 6.60. The number of thiophene rings is 1. The van der Waals surface area contributed by atoms with Crippen molar-refractivity contribution >= 4 is 28.8 Å². The molecule has 1 aliphatic rings. The van der Waals surface area contributed by atoms with Crippen LogP contribution in [-0.4, -0.2) is 67.6 Å². The van der Waals surface area contributed by atoms with Crippen molar-refractivity contribution in [3.8, 4) is 0 Å². The van der Waals surface area contributed by atoms with E-state index in [0.717, 1.165) is 56.8 Å². The fraction of sp³-hybridized carbons (Fsp3) is 0.379. The molecule has 7 nitrogen and oxygen atoms in total. The van der Waals surface area contributed by atoms with E-state index in [1.165, 1.54) is 16.9 Å². The number of morpholine rings is 1. The summed E-state index contributed by atoms with van der Waals surface area (Å²) in [6.45, 7) is 6.10. The third kappa shape index (κ3) is 8.42. The number of urea groups is 1. The number of rotatable bonds is 12. The fourth-order valence-corrected chi connectivity index (χ4v) is 5.15. The van der Waals surface area contributed by atoms with E-state index < -0.39 is 0 Å². The molecule has 8 heteroatoms. The zero-order chi connectivity index (χ0) is 25.9. The van der Waals surface area contributed by atoms with Crippen LogP contribution in [0.5, 0.6) is 0 Å². The molecule has 0 saturated carbocycles. The van der Waals surface area contributed by atoms with Crippen molar-refractivity contribution in [3.05, 3.63) is 87.6 Å². The summed E-state index contributed by atoms with van der Waals surface area (Å²) in [5.41, 5.74) is 10.3. The minimum absolute atomic E-state index is 0.0395. The average Bonchev–Trinajstić information content (AvgIpc) is 3.33. The minimum Gasteiger partial charge on any atom is -0.398 e.